The Hall–Kier alpha value is -1.92. The molecule has 0 aromatic heterocycles. The summed E-state index contributed by atoms with van der Waals surface area (Å²) in [4.78, 5) is 21.9. The molecule has 6 N–H and O–H groups in total. The third-order valence-electron chi connectivity index (χ3n) is 2.97. The van der Waals surface area contributed by atoms with E-state index < -0.39 is 23.0 Å². The van der Waals surface area contributed by atoms with Gasteiger partial charge in [-0.05, 0) is 25.0 Å². The summed E-state index contributed by atoms with van der Waals surface area (Å²) in [5.41, 5.74) is 9.01. The Bertz CT molecular complexity index is 432. The Kier molecular flexibility index (Phi) is 3.45. The largest absolute Gasteiger partial charge is 0.480 e. The van der Waals surface area contributed by atoms with Crippen LogP contribution in [0.5, 0.6) is 0 Å². The highest BCUT2D eigenvalue weighted by molar-refractivity contribution is 5.81. The zero-order valence-corrected chi connectivity index (χ0v) is 10.2. The first-order valence-corrected chi connectivity index (χ1v) is 5.25. The van der Waals surface area contributed by atoms with Gasteiger partial charge in [0.2, 0.25) is 0 Å². The van der Waals surface area contributed by atoms with Gasteiger partial charge in [0.1, 0.15) is 11.1 Å². The summed E-state index contributed by atoms with van der Waals surface area (Å²) in [6, 6.07) is 5.88. The maximum Gasteiger partial charge on any atom is 0.328 e. The van der Waals surface area contributed by atoms with E-state index in [2.05, 4.69) is 0 Å². The fourth-order valence-corrected chi connectivity index (χ4v) is 1.41. The number of carboxylic acids is 2. The average Bonchev–Trinajstić information content (AvgIpc) is 2.28. The topological polar surface area (TPSA) is 127 Å². The molecule has 1 aromatic carbocycles. The molecule has 0 aliphatic rings. The Morgan fingerprint density at radius 3 is 1.28 bits per heavy atom. The van der Waals surface area contributed by atoms with E-state index in [4.69, 9.17) is 21.7 Å². The van der Waals surface area contributed by atoms with Gasteiger partial charge in [0, 0.05) is 0 Å². The van der Waals surface area contributed by atoms with Crippen molar-refractivity contribution in [2.24, 2.45) is 11.5 Å². The van der Waals surface area contributed by atoms with E-state index in [1.807, 2.05) is 0 Å². The molecule has 98 valence electrons. The quantitative estimate of drug-likeness (QED) is 0.606. The molecule has 0 radical (unpaired) electrons. The fourth-order valence-electron chi connectivity index (χ4n) is 1.41. The van der Waals surface area contributed by atoms with Gasteiger partial charge in [-0.3, -0.25) is 0 Å². The minimum Gasteiger partial charge on any atom is -0.480 e. The van der Waals surface area contributed by atoms with Crippen LogP contribution >= 0.6 is 0 Å². The van der Waals surface area contributed by atoms with Crippen LogP contribution in [-0.4, -0.2) is 22.2 Å². The summed E-state index contributed by atoms with van der Waals surface area (Å²) in [6.07, 6.45) is 0. The van der Waals surface area contributed by atoms with Crippen LogP contribution in [0.2, 0.25) is 0 Å². The first-order valence-electron chi connectivity index (χ1n) is 5.25. The van der Waals surface area contributed by atoms with E-state index in [0.29, 0.717) is 11.1 Å². The van der Waals surface area contributed by atoms with Crippen LogP contribution in [0.15, 0.2) is 24.3 Å². The standard InChI is InChI=1S/C12H16N2O4/c1-11(13,9(15)16)7-3-5-8(6-4-7)12(2,14)10(17)18/h3-6H,13-14H2,1-2H3,(H,15,16)(H,17,18)/t11-,12-/m1/s1. The van der Waals surface area contributed by atoms with Gasteiger partial charge < -0.3 is 21.7 Å². The molecule has 0 unspecified atom stereocenters. The predicted molar refractivity (Wildman–Crippen MR) is 64.8 cm³/mol. The van der Waals surface area contributed by atoms with Crippen LogP contribution in [0, 0.1) is 0 Å². The molecule has 0 saturated carbocycles. The molecule has 0 spiro atoms. The second kappa shape index (κ2) is 4.40. The third kappa shape index (κ3) is 2.34. The monoisotopic (exact) mass is 252 g/mol. The number of hydrogen-bond donors (Lipinski definition) is 4. The number of aliphatic carboxylic acids is 2. The highest BCUT2D eigenvalue weighted by Gasteiger charge is 2.33. The first kappa shape index (κ1) is 14.1. The van der Waals surface area contributed by atoms with E-state index >= 15 is 0 Å². The number of carboxylic acid groups (broad SMARTS) is 2. The summed E-state index contributed by atoms with van der Waals surface area (Å²) >= 11 is 0. The van der Waals surface area contributed by atoms with Crippen molar-refractivity contribution in [1.29, 1.82) is 0 Å². The summed E-state index contributed by atoms with van der Waals surface area (Å²) in [6.45, 7) is 2.73. The Labute approximate surface area is 104 Å². The molecule has 1 aromatic rings. The Morgan fingerprint density at radius 1 is 0.889 bits per heavy atom. The van der Waals surface area contributed by atoms with Crippen LogP contribution in [-0.2, 0) is 20.7 Å². The molecule has 0 aliphatic heterocycles. The van der Waals surface area contributed by atoms with E-state index in [-0.39, 0.29) is 0 Å². The van der Waals surface area contributed by atoms with Crippen LogP contribution in [0.25, 0.3) is 0 Å². The molecular weight excluding hydrogens is 236 g/mol. The van der Waals surface area contributed by atoms with Crippen molar-refractivity contribution in [2.45, 2.75) is 24.9 Å². The van der Waals surface area contributed by atoms with E-state index in [9.17, 15) is 9.59 Å². The molecule has 6 heteroatoms. The highest BCUT2D eigenvalue weighted by Crippen LogP contribution is 2.23. The van der Waals surface area contributed by atoms with Gasteiger partial charge in [0.15, 0.2) is 0 Å². The summed E-state index contributed by atoms with van der Waals surface area (Å²) in [7, 11) is 0. The number of benzene rings is 1. The molecule has 2 atom stereocenters. The molecule has 0 heterocycles. The van der Waals surface area contributed by atoms with Gasteiger partial charge >= 0.3 is 11.9 Å². The van der Waals surface area contributed by atoms with Crippen LogP contribution in [0.1, 0.15) is 25.0 Å². The van der Waals surface area contributed by atoms with Gasteiger partial charge in [-0.2, -0.15) is 0 Å². The van der Waals surface area contributed by atoms with Crippen LogP contribution < -0.4 is 11.5 Å². The minimum atomic E-state index is -1.52. The Morgan fingerprint density at radius 2 is 1.11 bits per heavy atom. The number of hydrogen-bond acceptors (Lipinski definition) is 4. The molecule has 0 saturated heterocycles. The minimum absolute atomic E-state index is 0.375. The average molecular weight is 252 g/mol. The molecule has 18 heavy (non-hydrogen) atoms. The summed E-state index contributed by atoms with van der Waals surface area (Å²) in [5.74, 6) is -2.33. The van der Waals surface area contributed by atoms with Crippen molar-refractivity contribution in [3.63, 3.8) is 0 Å². The number of rotatable bonds is 4. The van der Waals surface area contributed by atoms with Crippen molar-refractivity contribution in [1.82, 2.24) is 0 Å². The van der Waals surface area contributed by atoms with Crippen molar-refractivity contribution in [3.8, 4) is 0 Å². The molecule has 0 amide bonds. The highest BCUT2D eigenvalue weighted by atomic mass is 16.4. The lowest BCUT2D eigenvalue weighted by molar-refractivity contribution is -0.144. The maximum atomic E-state index is 11.0. The third-order valence-corrected chi connectivity index (χ3v) is 2.97. The van der Waals surface area contributed by atoms with Gasteiger partial charge in [-0.15, -0.1) is 0 Å². The Balaban J connectivity index is 3.16. The predicted octanol–water partition coefficient (Wildman–Crippen LogP) is 0.204. The number of carbonyl (C=O) groups is 2. The van der Waals surface area contributed by atoms with Gasteiger partial charge in [-0.1, -0.05) is 24.3 Å². The molecular formula is C12H16N2O4. The zero-order chi connectivity index (χ0) is 14.1. The summed E-state index contributed by atoms with van der Waals surface area (Å²) < 4.78 is 0. The van der Waals surface area contributed by atoms with Gasteiger partial charge in [0.25, 0.3) is 0 Å². The normalized spacial score (nSPS) is 17.6. The molecule has 6 nitrogen and oxygen atoms in total. The molecule has 0 fully saturated rings. The van der Waals surface area contributed by atoms with Gasteiger partial charge in [0.05, 0.1) is 0 Å². The van der Waals surface area contributed by atoms with Crippen molar-refractivity contribution < 1.29 is 19.8 Å². The molecule has 0 aliphatic carbocycles. The van der Waals surface area contributed by atoms with Crippen LogP contribution in [0.3, 0.4) is 0 Å². The SMILES string of the molecule is C[C@](N)(C(=O)O)c1ccc([C@@](C)(N)C(=O)O)cc1. The lowest BCUT2D eigenvalue weighted by atomic mass is 9.88. The first-order chi connectivity index (χ1) is 8.10. The maximum absolute atomic E-state index is 11.0. The summed E-state index contributed by atoms with van der Waals surface area (Å²) in [5, 5.41) is 17.9. The lowest BCUT2D eigenvalue weighted by Crippen LogP contribution is -2.43. The van der Waals surface area contributed by atoms with Crippen molar-refractivity contribution >= 4 is 11.9 Å². The van der Waals surface area contributed by atoms with Gasteiger partial charge in [-0.25, -0.2) is 9.59 Å². The van der Waals surface area contributed by atoms with E-state index in [1.165, 1.54) is 38.1 Å². The van der Waals surface area contributed by atoms with E-state index in [0.717, 1.165) is 0 Å². The molecule has 0 bridgehead atoms. The number of nitrogens with two attached hydrogens (primary N) is 2. The van der Waals surface area contributed by atoms with Crippen molar-refractivity contribution in [2.75, 3.05) is 0 Å². The van der Waals surface area contributed by atoms with E-state index in [1.54, 1.807) is 0 Å². The van der Waals surface area contributed by atoms with Crippen molar-refractivity contribution in [3.05, 3.63) is 35.4 Å². The fraction of sp³-hybridized carbons (Fsp3) is 0.333. The second-order valence-corrected chi connectivity index (χ2v) is 4.59. The second-order valence-electron chi connectivity index (χ2n) is 4.59. The smallest absolute Gasteiger partial charge is 0.328 e. The lowest BCUT2D eigenvalue weighted by Gasteiger charge is -2.23. The van der Waals surface area contributed by atoms with Crippen LogP contribution in [0.4, 0.5) is 0 Å². The molecule has 1 rings (SSSR count). The zero-order valence-electron chi connectivity index (χ0n) is 10.2.